The number of carbonyl (C=O) groups is 2. The molecule has 248 valence electrons. The van der Waals surface area contributed by atoms with E-state index in [2.05, 4.69) is 10.3 Å². The zero-order valence-corrected chi connectivity index (χ0v) is 26.7. The number of likely N-dealkylation sites (tertiary alicyclic amines) is 1. The van der Waals surface area contributed by atoms with Gasteiger partial charge in [-0.05, 0) is 84.7 Å². The fourth-order valence-corrected chi connectivity index (χ4v) is 8.04. The second kappa shape index (κ2) is 11.8. The van der Waals surface area contributed by atoms with Gasteiger partial charge >= 0.3 is 21.7 Å². The normalized spacial score (nSPS) is 20.0. The molecule has 2 N–H and O–H groups in total. The number of rotatable bonds is 7. The molecule has 14 heteroatoms. The number of nitrogens with one attached hydrogen (secondary N) is 2. The number of aromatic amines is 1. The van der Waals surface area contributed by atoms with E-state index >= 15 is 0 Å². The van der Waals surface area contributed by atoms with E-state index in [-0.39, 0.29) is 29.0 Å². The molecule has 0 radical (unpaired) electrons. The molecule has 0 bridgehead atoms. The molecule has 1 spiro atoms. The molecule has 0 unspecified atom stereocenters. The molecule has 1 saturated carbocycles. The van der Waals surface area contributed by atoms with Gasteiger partial charge in [0.1, 0.15) is 17.6 Å². The minimum atomic E-state index is -5.82. The molecule has 10 nitrogen and oxygen atoms in total. The number of nitrogens with zero attached hydrogens (tertiary/aromatic N) is 2. The van der Waals surface area contributed by atoms with E-state index in [0.29, 0.717) is 42.7 Å². The number of alkyl carbamates (subject to hydrolysis) is 1. The molecule has 1 saturated heterocycles. The number of hydrogen-bond donors (Lipinski definition) is 2. The first-order chi connectivity index (χ1) is 21.7. The van der Waals surface area contributed by atoms with Gasteiger partial charge in [0.2, 0.25) is 5.91 Å². The first kappa shape index (κ1) is 32.1. The summed E-state index contributed by atoms with van der Waals surface area (Å²) in [7, 11) is -4.56. The van der Waals surface area contributed by atoms with Crippen molar-refractivity contribution in [2.75, 3.05) is 13.7 Å². The summed E-state index contributed by atoms with van der Waals surface area (Å²) in [4.78, 5) is 35.5. The second-order valence-electron chi connectivity index (χ2n) is 12.8. The molecule has 1 aliphatic heterocycles. The van der Waals surface area contributed by atoms with Crippen LogP contribution in [0.5, 0.6) is 5.75 Å². The van der Waals surface area contributed by atoms with Crippen molar-refractivity contribution >= 4 is 33.2 Å². The Morgan fingerprint density at radius 3 is 2.52 bits per heavy atom. The van der Waals surface area contributed by atoms with E-state index in [0.717, 1.165) is 54.3 Å². The Balaban J connectivity index is 1.35. The van der Waals surface area contributed by atoms with Crippen LogP contribution >= 0.6 is 0 Å². The van der Waals surface area contributed by atoms with Crippen LogP contribution in [-0.4, -0.2) is 60.5 Å². The van der Waals surface area contributed by atoms with E-state index in [9.17, 15) is 31.2 Å². The number of carbonyl (C=O) groups excluding carboxylic acids is 2. The third-order valence-corrected chi connectivity index (χ3v) is 10.7. The minimum absolute atomic E-state index is 0.165. The van der Waals surface area contributed by atoms with Crippen LogP contribution in [0.25, 0.3) is 22.2 Å². The summed E-state index contributed by atoms with van der Waals surface area (Å²) < 4.78 is 72.9. The molecule has 6 rings (SSSR count). The lowest BCUT2D eigenvalue weighted by molar-refractivity contribution is -0.135. The van der Waals surface area contributed by atoms with E-state index in [4.69, 9.17) is 13.9 Å². The number of amides is 2. The first-order valence-electron chi connectivity index (χ1n) is 15.6. The van der Waals surface area contributed by atoms with Crippen molar-refractivity contribution in [2.24, 2.45) is 5.92 Å². The summed E-state index contributed by atoms with van der Waals surface area (Å²) in [5.74, 6) is -0.0213. The van der Waals surface area contributed by atoms with Crippen LogP contribution in [0.2, 0.25) is 0 Å². The van der Waals surface area contributed by atoms with E-state index < -0.39 is 27.8 Å². The summed E-state index contributed by atoms with van der Waals surface area (Å²) >= 11 is 0. The number of alkyl halides is 3. The van der Waals surface area contributed by atoms with Gasteiger partial charge in [-0.15, -0.1) is 0 Å². The molecule has 2 aromatic carbocycles. The van der Waals surface area contributed by atoms with Gasteiger partial charge in [0, 0.05) is 12.1 Å². The number of H-pyrrole nitrogens is 1. The maximum Gasteiger partial charge on any atom is 0.534 e. The number of aromatic nitrogens is 2. The topological polar surface area (TPSA) is 131 Å². The Labute approximate surface area is 265 Å². The van der Waals surface area contributed by atoms with Crippen molar-refractivity contribution in [1.29, 1.82) is 0 Å². The van der Waals surface area contributed by atoms with Crippen molar-refractivity contribution in [2.45, 2.75) is 88.2 Å². The summed E-state index contributed by atoms with van der Waals surface area (Å²) in [6.45, 7) is 4.23. The maximum absolute atomic E-state index is 13.6. The fraction of sp³-hybridized carbons (Fsp3) is 0.531. The number of fused-ring (bicyclic) bond motifs is 3. The Morgan fingerprint density at radius 2 is 1.85 bits per heavy atom. The molecule has 2 heterocycles. The molecule has 3 aliphatic rings. The van der Waals surface area contributed by atoms with Crippen molar-refractivity contribution in [3.63, 3.8) is 0 Å². The molecule has 1 aromatic heterocycles. The Kier molecular flexibility index (Phi) is 8.22. The van der Waals surface area contributed by atoms with Crippen LogP contribution in [0.15, 0.2) is 30.3 Å². The molecule has 2 amide bonds. The van der Waals surface area contributed by atoms with Gasteiger partial charge in [-0.2, -0.15) is 21.6 Å². The number of ether oxygens (including phenoxy) is 1. The molecule has 2 aliphatic carbocycles. The average molecular weight is 663 g/mol. The summed E-state index contributed by atoms with van der Waals surface area (Å²) in [6.07, 6.45) is 5.63. The van der Waals surface area contributed by atoms with Crippen LogP contribution < -0.4 is 9.50 Å². The Hall–Kier alpha value is -3.81. The monoisotopic (exact) mass is 662 g/mol. The lowest BCUT2D eigenvalue weighted by atomic mass is 9.77. The van der Waals surface area contributed by atoms with Gasteiger partial charge in [-0.3, -0.25) is 4.79 Å². The number of halogens is 3. The van der Waals surface area contributed by atoms with Crippen molar-refractivity contribution < 1.29 is 40.1 Å². The number of benzene rings is 2. The summed E-state index contributed by atoms with van der Waals surface area (Å²) in [5, 5.41) is 2.65. The van der Waals surface area contributed by atoms with Gasteiger partial charge in [-0.25, -0.2) is 9.78 Å². The van der Waals surface area contributed by atoms with Crippen LogP contribution in [0.4, 0.5) is 18.0 Å². The van der Waals surface area contributed by atoms with Crippen LogP contribution in [0, 0.1) is 5.92 Å². The smallest absolute Gasteiger partial charge is 0.453 e. The highest BCUT2D eigenvalue weighted by atomic mass is 32.2. The Bertz CT molecular complexity index is 1780. The zero-order valence-electron chi connectivity index (χ0n) is 25.9. The third-order valence-electron chi connectivity index (χ3n) is 9.75. The molecule has 2 fully saturated rings. The van der Waals surface area contributed by atoms with Crippen LogP contribution in [0.3, 0.4) is 0 Å². The highest BCUT2D eigenvalue weighted by Crippen LogP contribution is 2.55. The zero-order chi connectivity index (χ0) is 33.0. The SMILES string of the molecule is COC(=O)N[C@H](C(=O)N1CCC[C@H]1c1nc2ccc(-c3ccc(OS(=O)(=O)C(F)(F)F)c4c3C3(CCCC3)CC4)cc2[nH]1)C(C)C. The molecule has 2 atom stereocenters. The molecular formula is C32H37F3N4O6S. The lowest BCUT2D eigenvalue weighted by Gasteiger charge is -2.29. The number of imidazole rings is 1. The predicted octanol–water partition coefficient (Wildman–Crippen LogP) is 6.26. The number of methoxy groups -OCH3 is 1. The van der Waals surface area contributed by atoms with Crippen molar-refractivity contribution in [3.05, 3.63) is 47.3 Å². The maximum atomic E-state index is 13.6. The van der Waals surface area contributed by atoms with Crippen molar-refractivity contribution in [3.8, 4) is 16.9 Å². The van der Waals surface area contributed by atoms with Gasteiger partial charge in [0.25, 0.3) is 0 Å². The lowest BCUT2D eigenvalue weighted by Crippen LogP contribution is -2.51. The fourth-order valence-electron chi connectivity index (χ4n) is 7.56. The number of hydrogen-bond acceptors (Lipinski definition) is 7. The highest BCUT2D eigenvalue weighted by Gasteiger charge is 2.50. The van der Waals surface area contributed by atoms with E-state index in [1.807, 2.05) is 32.0 Å². The minimum Gasteiger partial charge on any atom is -0.453 e. The average Bonchev–Trinajstić information content (AvgIpc) is 3.81. The quantitative estimate of drug-likeness (QED) is 0.226. The predicted molar refractivity (Wildman–Crippen MR) is 163 cm³/mol. The Morgan fingerprint density at radius 1 is 1.11 bits per heavy atom. The first-order valence-corrected chi connectivity index (χ1v) is 17.0. The highest BCUT2D eigenvalue weighted by molar-refractivity contribution is 7.88. The van der Waals surface area contributed by atoms with Gasteiger partial charge < -0.3 is 24.1 Å². The van der Waals surface area contributed by atoms with Gasteiger partial charge in [-0.1, -0.05) is 38.8 Å². The summed E-state index contributed by atoms with van der Waals surface area (Å²) in [5.41, 5.74) is -1.34. The van der Waals surface area contributed by atoms with Crippen LogP contribution in [0.1, 0.15) is 81.8 Å². The van der Waals surface area contributed by atoms with Crippen LogP contribution in [-0.2, 0) is 31.5 Å². The van der Waals surface area contributed by atoms with E-state index in [1.165, 1.54) is 13.2 Å². The second-order valence-corrected chi connectivity index (χ2v) is 14.4. The molecule has 3 aromatic rings. The largest absolute Gasteiger partial charge is 0.534 e. The molecule has 46 heavy (non-hydrogen) atoms. The van der Waals surface area contributed by atoms with E-state index in [1.54, 1.807) is 11.0 Å². The summed E-state index contributed by atoms with van der Waals surface area (Å²) in [6, 6.07) is 7.61. The molecular weight excluding hydrogens is 625 g/mol. The van der Waals surface area contributed by atoms with Crippen molar-refractivity contribution in [1.82, 2.24) is 20.2 Å². The van der Waals surface area contributed by atoms with Gasteiger partial charge in [0.15, 0.2) is 0 Å². The third kappa shape index (κ3) is 5.58. The van der Waals surface area contributed by atoms with Gasteiger partial charge in [0.05, 0.1) is 24.2 Å². The standard InChI is InChI=1S/C32H37F3N4O6S/c1-18(2)27(38-30(41)44-3)29(40)39-16-6-7-24(39)28-36-22-10-8-19(17-23(22)37-28)20-9-11-25(45-46(42,43)32(33,34)35)21-12-15-31(26(20)21)13-4-5-14-31/h8-11,17-18,24,27H,4-7,12-16H2,1-3H3,(H,36,37)(H,38,41)/t24-,27-/m0/s1.